The van der Waals surface area contributed by atoms with Gasteiger partial charge in [0, 0.05) is 23.1 Å². The summed E-state index contributed by atoms with van der Waals surface area (Å²) in [6.07, 6.45) is 0. The Hall–Kier alpha value is -6.36. The summed E-state index contributed by atoms with van der Waals surface area (Å²) in [6, 6.07) is 67.8. The number of hydrogen-bond donors (Lipinski definition) is 1. The second-order valence-electron chi connectivity index (χ2n) is 12.2. The number of fused-ring (bicyclic) bond motifs is 1. The maximum Gasteiger partial charge on any atom is 0.569 e. The fourth-order valence-electron chi connectivity index (χ4n) is 6.72. The van der Waals surface area contributed by atoms with E-state index < -0.39 is 0 Å². The SMILES string of the molecule is O[B]Oc1cccc(N(c2ccc(-c3ccc(-c4ccccc4)c4ccccc34)cc2)c2cccc(-c3ccc(-c4ccccc4)cc3)c2)c1. The standard InChI is InChI=1S/C46H33BNO2/c49-47-50-42-18-10-17-41(32-42)48(40-16-9-15-38(31-40)35-23-21-34(22-24-35)33-11-3-1-4-12-33)39-27-25-37(26-28-39)44-30-29-43(36-13-5-2-6-14-36)45-19-7-8-20-46(44)45/h1-32,49H. The van der Waals surface area contributed by atoms with E-state index in [0.29, 0.717) is 13.4 Å². The van der Waals surface area contributed by atoms with Crippen LogP contribution in [0.5, 0.6) is 5.75 Å². The molecule has 0 fully saturated rings. The van der Waals surface area contributed by atoms with E-state index in [4.69, 9.17) is 4.65 Å². The molecule has 0 aromatic heterocycles. The average molecular weight is 643 g/mol. The Labute approximate surface area is 293 Å². The monoisotopic (exact) mass is 642 g/mol. The second kappa shape index (κ2) is 14.0. The van der Waals surface area contributed by atoms with Crippen molar-refractivity contribution in [1.82, 2.24) is 0 Å². The fourth-order valence-corrected chi connectivity index (χ4v) is 6.72. The molecule has 1 N–H and O–H groups in total. The van der Waals surface area contributed by atoms with Crippen LogP contribution in [0.25, 0.3) is 55.3 Å². The molecule has 0 amide bonds. The van der Waals surface area contributed by atoms with Gasteiger partial charge in [-0.25, -0.2) is 0 Å². The van der Waals surface area contributed by atoms with Crippen LogP contribution >= 0.6 is 0 Å². The summed E-state index contributed by atoms with van der Waals surface area (Å²) in [4.78, 5) is 2.21. The molecule has 0 bridgehead atoms. The van der Waals surface area contributed by atoms with Gasteiger partial charge in [0.2, 0.25) is 0 Å². The molecule has 237 valence electrons. The Morgan fingerprint density at radius 3 is 1.44 bits per heavy atom. The Morgan fingerprint density at radius 1 is 0.360 bits per heavy atom. The van der Waals surface area contributed by atoms with Crippen molar-refractivity contribution < 1.29 is 9.68 Å². The quantitative estimate of drug-likeness (QED) is 0.159. The van der Waals surface area contributed by atoms with E-state index >= 15 is 0 Å². The second-order valence-corrected chi connectivity index (χ2v) is 12.2. The molecular formula is C46H33BNO2. The summed E-state index contributed by atoms with van der Waals surface area (Å²) in [5.74, 6) is 0.546. The predicted octanol–water partition coefficient (Wildman–Crippen LogP) is 11.9. The van der Waals surface area contributed by atoms with E-state index in [-0.39, 0.29) is 0 Å². The third-order valence-electron chi connectivity index (χ3n) is 9.14. The lowest BCUT2D eigenvalue weighted by molar-refractivity contribution is 0.454. The largest absolute Gasteiger partial charge is 0.569 e. The van der Waals surface area contributed by atoms with Crippen LogP contribution in [0.2, 0.25) is 0 Å². The maximum absolute atomic E-state index is 9.37. The van der Waals surface area contributed by atoms with E-state index in [1.165, 1.54) is 38.6 Å². The topological polar surface area (TPSA) is 32.7 Å². The van der Waals surface area contributed by atoms with Gasteiger partial charge in [0.1, 0.15) is 5.75 Å². The van der Waals surface area contributed by atoms with Crippen molar-refractivity contribution in [1.29, 1.82) is 0 Å². The fraction of sp³-hybridized carbons (Fsp3) is 0. The van der Waals surface area contributed by atoms with Gasteiger partial charge in [0.15, 0.2) is 0 Å². The number of benzene rings is 8. The van der Waals surface area contributed by atoms with E-state index in [1.807, 2.05) is 24.3 Å². The van der Waals surface area contributed by atoms with Gasteiger partial charge in [0.05, 0.1) is 0 Å². The molecule has 0 spiro atoms. The molecule has 0 atom stereocenters. The van der Waals surface area contributed by atoms with Crippen molar-refractivity contribution in [3.63, 3.8) is 0 Å². The van der Waals surface area contributed by atoms with Gasteiger partial charge in [-0.2, -0.15) is 0 Å². The number of nitrogens with zero attached hydrogens (tertiary/aromatic N) is 1. The first-order valence-corrected chi connectivity index (χ1v) is 16.7. The van der Waals surface area contributed by atoms with Gasteiger partial charge < -0.3 is 14.6 Å². The molecule has 3 nitrogen and oxygen atoms in total. The van der Waals surface area contributed by atoms with Crippen molar-refractivity contribution in [3.05, 3.63) is 194 Å². The molecule has 4 heteroatoms. The molecule has 8 aromatic rings. The van der Waals surface area contributed by atoms with E-state index in [2.05, 4.69) is 175 Å². The Kier molecular flexibility index (Phi) is 8.67. The molecule has 0 heterocycles. The van der Waals surface area contributed by atoms with E-state index in [9.17, 15) is 5.02 Å². The predicted molar refractivity (Wildman–Crippen MR) is 209 cm³/mol. The summed E-state index contributed by atoms with van der Waals surface area (Å²) in [7, 11) is 0.714. The highest BCUT2D eigenvalue weighted by atomic mass is 16.5. The Morgan fingerprint density at radius 2 is 0.820 bits per heavy atom. The highest BCUT2D eigenvalue weighted by Gasteiger charge is 2.16. The van der Waals surface area contributed by atoms with Gasteiger partial charge in [0.25, 0.3) is 0 Å². The molecule has 8 aromatic carbocycles. The number of hydrogen-bond acceptors (Lipinski definition) is 3. The zero-order chi connectivity index (χ0) is 33.7. The van der Waals surface area contributed by atoms with Crippen molar-refractivity contribution >= 4 is 35.5 Å². The first-order chi connectivity index (χ1) is 24.7. The lowest BCUT2D eigenvalue weighted by Crippen LogP contribution is -2.10. The minimum absolute atomic E-state index is 0.546. The molecule has 0 saturated carbocycles. The molecule has 1 radical (unpaired) electrons. The Balaban J connectivity index is 1.18. The average Bonchev–Trinajstić information content (AvgIpc) is 3.19. The lowest BCUT2D eigenvalue weighted by atomic mass is 9.92. The molecule has 50 heavy (non-hydrogen) atoms. The molecule has 0 saturated heterocycles. The minimum atomic E-state index is 0.546. The summed E-state index contributed by atoms with van der Waals surface area (Å²) >= 11 is 0. The summed E-state index contributed by atoms with van der Waals surface area (Å²) in [5, 5.41) is 11.8. The maximum atomic E-state index is 9.37. The van der Waals surface area contributed by atoms with Crippen LogP contribution in [-0.2, 0) is 0 Å². The van der Waals surface area contributed by atoms with Crippen LogP contribution in [0.4, 0.5) is 17.1 Å². The van der Waals surface area contributed by atoms with Gasteiger partial charge in [-0.15, -0.1) is 0 Å². The zero-order valence-corrected chi connectivity index (χ0v) is 27.4. The zero-order valence-electron chi connectivity index (χ0n) is 27.4. The van der Waals surface area contributed by atoms with Crippen molar-refractivity contribution in [2.24, 2.45) is 0 Å². The van der Waals surface area contributed by atoms with Crippen molar-refractivity contribution in [2.75, 3.05) is 4.90 Å². The van der Waals surface area contributed by atoms with Crippen molar-refractivity contribution in [2.45, 2.75) is 0 Å². The molecule has 0 aliphatic rings. The van der Waals surface area contributed by atoms with Crippen LogP contribution < -0.4 is 9.55 Å². The van der Waals surface area contributed by atoms with Crippen LogP contribution in [0, 0.1) is 0 Å². The van der Waals surface area contributed by atoms with Crippen LogP contribution in [0.15, 0.2) is 194 Å². The van der Waals surface area contributed by atoms with Crippen LogP contribution in [0.1, 0.15) is 0 Å². The normalized spacial score (nSPS) is 10.9. The summed E-state index contributed by atoms with van der Waals surface area (Å²) in [6.45, 7) is 0. The van der Waals surface area contributed by atoms with Gasteiger partial charge in [-0.3, -0.25) is 0 Å². The molecular weight excluding hydrogens is 609 g/mol. The summed E-state index contributed by atoms with van der Waals surface area (Å²) in [5.41, 5.74) is 12.3. The molecule has 0 aliphatic carbocycles. The highest BCUT2D eigenvalue weighted by molar-refractivity contribution is 6.17. The summed E-state index contributed by atoms with van der Waals surface area (Å²) < 4.78 is 5.37. The van der Waals surface area contributed by atoms with Gasteiger partial charge in [-0.05, 0) is 91.7 Å². The van der Waals surface area contributed by atoms with Crippen LogP contribution in [0.3, 0.4) is 0 Å². The van der Waals surface area contributed by atoms with Crippen LogP contribution in [-0.4, -0.2) is 12.7 Å². The van der Waals surface area contributed by atoms with E-state index in [1.54, 1.807) is 0 Å². The van der Waals surface area contributed by atoms with E-state index in [0.717, 1.165) is 33.8 Å². The third-order valence-corrected chi connectivity index (χ3v) is 9.14. The smallest absolute Gasteiger partial charge is 0.537 e. The van der Waals surface area contributed by atoms with Crippen molar-refractivity contribution in [3.8, 4) is 50.3 Å². The molecule has 0 unspecified atom stereocenters. The third kappa shape index (κ3) is 6.28. The molecule has 8 rings (SSSR count). The number of rotatable bonds is 9. The molecule has 0 aliphatic heterocycles. The Bertz CT molecular complexity index is 2370. The first-order valence-electron chi connectivity index (χ1n) is 16.7. The number of anilines is 3. The highest BCUT2D eigenvalue weighted by Crippen LogP contribution is 2.40. The lowest BCUT2D eigenvalue weighted by Gasteiger charge is -2.26. The minimum Gasteiger partial charge on any atom is -0.537 e. The van der Waals surface area contributed by atoms with Gasteiger partial charge in [-0.1, -0.05) is 152 Å². The van der Waals surface area contributed by atoms with Gasteiger partial charge >= 0.3 is 7.69 Å². The first kappa shape index (κ1) is 30.9.